The minimum Gasteiger partial charge on any atom is -0.493 e. The van der Waals surface area contributed by atoms with E-state index in [0.29, 0.717) is 34.8 Å². The second-order valence-corrected chi connectivity index (χ2v) is 7.57. The van der Waals surface area contributed by atoms with Gasteiger partial charge in [-0.3, -0.25) is 4.79 Å². The van der Waals surface area contributed by atoms with Crippen LogP contribution in [-0.2, 0) is 14.3 Å². The number of hydrogen-bond donors (Lipinski definition) is 1. The van der Waals surface area contributed by atoms with Crippen molar-refractivity contribution >= 4 is 27.7 Å². The zero-order valence-electron chi connectivity index (χ0n) is 16.5. The lowest BCUT2D eigenvalue weighted by Gasteiger charge is -2.34. The third-order valence-electron chi connectivity index (χ3n) is 5.09. The Balaban J connectivity index is 2.24. The molecule has 0 bridgehead atoms. The van der Waals surface area contributed by atoms with E-state index in [1.165, 1.54) is 0 Å². The number of dihydropyridines is 1. The standard InChI is InChI=1S/C21H24BrNO5/c1-5-28-21(25)18-11(2)23-14-7-6-8-15(24)20(14)19(18)12-9-16(26-3)17(27-4)10-13(12)22/h9-10,19,23H,5-8H2,1-4H3/t19-/m1/s1. The predicted octanol–water partition coefficient (Wildman–Crippen LogP) is 4.00. The van der Waals surface area contributed by atoms with Crippen LogP contribution in [0.3, 0.4) is 0 Å². The number of rotatable bonds is 5. The molecule has 1 aromatic rings. The molecule has 0 radical (unpaired) electrons. The molecule has 1 atom stereocenters. The summed E-state index contributed by atoms with van der Waals surface area (Å²) in [5, 5.41) is 3.27. The lowest BCUT2D eigenvalue weighted by Crippen LogP contribution is -2.34. The number of halogens is 1. The van der Waals surface area contributed by atoms with E-state index in [4.69, 9.17) is 14.2 Å². The van der Waals surface area contributed by atoms with Crippen molar-refractivity contribution in [1.29, 1.82) is 0 Å². The van der Waals surface area contributed by atoms with Crippen LogP contribution in [0.2, 0.25) is 0 Å². The summed E-state index contributed by atoms with van der Waals surface area (Å²) in [5.74, 6) is 0.191. The fraction of sp³-hybridized carbons (Fsp3) is 0.429. The Hall–Kier alpha value is -2.28. The Labute approximate surface area is 173 Å². The Kier molecular flexibility index (Phi) is 6.13. The molecule has 0 aromatic heterocycles. The molecule has 0 saturated heterocycles. The highest BCUT2D eigenvalue weighted by molar-refractivity contribution is 9.10. The Morgan fingerprint density at radius 3 is 2.54 bits per heavy atom. The minimum absolute atomic E-state index is 0.0507. The molecule has 7 heteroatoms. The number of esters is 1. The SMILES string of the molecule is CCOC(=O)C1=C(C)NC2=C(C(=O)CCC2)[C@@H]1c1cc(OC)c(OC)cc1Br. The van der Waals surface area contributed by atoms with Gasteiger partial charge in [0, 0.05) is 33.8 Å². The maximum absolute atomic E-state index is 12.9. The molecular formula is C21H24BrNO5. The monoisotopic (exact) mass is 449 g/mol. The van der Waals surface area contributed by atoms with Crippen molar-refractivity contribution in [2.24, 2.45) is 0 Å². The summed E-state index contributed by atoms with van der Waals surface area (Å²) in [5.41, 5.74) is 3.44. The Bertz CT molecular complexity index is 887. The van der Waals surface area contributed by atoms with E-state index in [-0.39, 0.29) is 12.4 Å². The van der Waals surface area contributed by atoms with E-state index in [2.05, 4.69) is 21.2 Å². The molecule has 0 saturated carbocycles. The summed E-state index contributed by atoms with van der Waals surface area (Å²) in [6, 6.07) is 3.61. The molecule has 1 aromatic carbocycles. The zero-order valence-corrected chi connectivity index (χ0v) is 18.1. The summed E-state index contributed by atoms with van der Waals surface area (Å²) >= 11 is 3.59. The molecule has 1 N–H and O–H groups in total. The molecule has 1 heterocycles. The maximum atomic E-state index is 12.9. The third kappa shape index (κ3) is 3.55. The third-order valence-corrected chi connectivity index (χ3v) is 5.77. The number of carbonyl (C=O) groups excluding carboxylic acids is 2. The molecule has 3 rings (SSSR count). The van der Waals surface area contributed by atoms with Gasteiger partial charge in [-0.05, 0) is 44.4 Å². The number of hydrogen-bond acceptors (Lipinski definition) is 6. The number of ether oxygens (including phenoxy) is 3. The number of carbonyl (C=O) groups is 2. The summed E-state index contributed by atoms with van der Waals surface area (Å²) in [6.45, 7) is 3.87. The van der Waals surface area contributed by atoms with Gasteiger partial charge in [-0.25, -0.2) is 4.79 Å². The summed E-state index contributed by atoms with van der Waals surface area (Å²) in [7, 11) is 3.12. The van der Waals surface area contributed by atoms with E-state index in [1.54, 1.807) is 27.2 Å². The van der Waals surface area contributed by atoms with Crippen LogP contribution in [0.1, 0.15) is 44.6 Å². The van der Waals surface area contributed by atoms with Gasteiger partial charge in [-0.1, -0.05) is 15.9 Å². The van der Waals surface area contributed by atoms with Crippen molar-refractivity contribution < 1.29 is 23.8 Å². The van der Waals surface area contributed by atoms with Gasteiger partial charge in [0.1, 0.15) is 0 Å². The fourth-order valence-corrected chi connectivity index (χ4v) is 4.42. The van der Waals surface area contributed by atoms with Crippen LogP contribution in [0, 0.1) is 0 Å². The lowest BCUT2D eigenvalue weighted by atomic mass is 9.75. The van der Waals surface area contributed by atoms with Crippen LogP contribution in [0.25, 0.3) is 0 Å². The second kappa shape index (κ2) is 8.39. The van der Waals surface area contributed by atoms with E-state index in [1.807, 2.05) is 13.0 Å². The molecular weight excluding hydrogens is 426 g/mol. The van der Waals surface area contributed by atoms with Gasteiger partial charge in [0.25, 0.3) is 0 Å². The first-order valence-corrected chi connectivity index (χ1v) is 10.0. The van der Waals surface area contributed by atoms with E-state index >= 15 is 0 Å². The average molecular weight is 450 g/mol. The number of ketones is 1. The first-order valence-electron chi connectivity index (χ1n) is 9.25. The van der Waals surface area contributed by atoms with E-state index in [0.717, 1.165) is 28.6 Å². The van der Waals surface area contributed by atoms with E-state index < -0.39 is 11.9 Å². The molecule has 1 aliphatic heterocycles. The molecule has 2 aliphatic rings. The minimum atomic E-state index is -0.530. The number of allylic oxidation sites excluding steroid dienone is 3. The van der Waals surface area contributed by atoms with Gasteiger partial charge in [0.15, 0.2) is 17.3 Å². The topological polar surface area (TPSA) is 73.9 Å². The maximum Gasteiger partial charge on any atom is 0.336 e. The van der Waals surface area contributed by atoms with Gasteiger partial charge in [-0.2, -0.15) is 0 Å². The lowest BCUT2D eigenvalue weighted by molar-refractivity contribution is -0.138. The summed E-state index contributed by atoms with van der Waals surface area (Å²) in [4.78, 5) is 25.7. The average Bonchev–Trinajstić information content (AvgIpc) is 2.67. The van der Waals surface area contributed by atoms with Crippen molar-refractivity contribution in [1.82, 2.24) is 5.32 Å². The van der Waals surface area contributed by atoms with Crippen molar-refractivity contribution in [3.8, 4) is 11.5 Å². The van der Waals surface area contributed by atoms with Crippen LogP contribution in [0.5, 0.6) is 11.5 Å². The molecule has 150 valence electrons. The van der Waals surface area contributed by atoms with Crippen molar-refractivity contribution in [3.05, 3.63) is 44.7 Å². The number of Topliss-reactive ketones (excluding diaryl/α,β-unsaturated/α-hetero) is 1. The Morgan fingerprint density at radius 2 is 1.89 bits per heavy atom. The van der Waals surface area contributed by atoms with Gasteiger partial charge < -0.3 is 19.5 Å². The van der Waals surface area contributed by atoms with Crippen LogP contribution in [0.4, 0.5) is 0 Å². The van der Waals surface area contributed by atoms with Gasteiger partial charge >= 0.3 is 5.97 Å². The summed E-state index contributed by atoms with van der Waals surface area (Å²) < 4.78 is 16.9. The van der Waals surface area contributed by atoms with E-state index in [9.17, 15) is 9.59 Å². The fourth-order valence-electron chi connectivity index (χ4n) is 3.86. The molecule has 1 aliphatic carbocycles. The first-order chi connectivity index (χ1) is 13.4. The first kappa shape index (κ1) is 20.5. The normalized spacial score (nSPS) is 19.2. The van der Waals surface area contributed by atoms with Gasteiger partial charge in [0.2, 0.25) is 0 Å². The van der Waals surface area contributed by atoms with Crippen LogP contribution < -0.4 is 14.8 Å². The largest absolute Gasteiger partial charge is 0.493 e. The highest BCUT2D eigenvalue weighted by Crippen LogP contribution is 2.47. The summed E-state index contributed by atoms with van der Waals surface area (Å²) in [6.07, 6.45) is 2.04. The molecule has 0 spiro atoms. The highest BCUT2D eigenvalue weighted by atomic mass is 79.9. The van der Waals surface area contributed by atoms with Crippen LogP contribution in [-0.4, -0.2) is 32.6 Å². The van der Waals surface area contributed by atoms with Gasteiger partial charge in [0.05, 0.1) is 26.4 Å². The number of benzene rings is 1. The molecule has 0 fully saturated rings. The van der Waals surface area contributed by atoms with Crippen molar-refractivity contribution in [2.75, 3.05) is 20.8 Å². The second-order valence-electron chi connectivity index (χ2n) is 6.71. The van der Waals surface area contributed by atoms with Crippen molar-refractivity contribution in [2.45, 2.75) is 39.0 Å². The van der Waals surface area contributed by atoms with Crippen molar-refractivity contribution in [3.63, 3.8) is 0 Å². The predicted molar refractivity (Wildman–Crippen MR) is 108 cm³/mol. The quantitative estimate of drug-likeness (QED) is 0.684. The number of nitrogens with one attached hydrogen (secondary N) is 1. The molecule has 0 amide bonds. The van der Waals surface area contributed by atoms with Gasteiger partial charge in [-0.15, -0.1) is 0 Å². The smallest absolute Gasteiger partial charge is 0.336 e. The highest BCUT2D eigenvalue weighted by Gasteiger charge is 2.40. The molecule has 28 heavy (non-hydrogen) atoms. The molecule has 6 nitrogen and oxygen atoms in total. The number of methoxy groups -OCH3 is 2. The zero-order chi connectivity index (χ0) is 20.4. The Morgan fingerprint density at radius 1 is 1.21 bits per heavy atom. The molecule has 0 unspecified atom stereocenters. The van der Waals surface area contributed by atoms with Crippen LogP contribution in [0.15, 0.2) is 39.1 Å². The van der Waals surface area contributed by atoms with Crippen LogP contribution >= 0.6 is 15.9 Å².